The predicted octanol–water partition coefficient (Wildman–Crippen LogP) is 4.68. The van der Waals surface area contributed by atoms with Gasteiger partial charge in [0.25, 0.3) is 0 Å². The number of hydrogen-bond acceptors (Lipinski definition) is 10. The summed E-state index contributed by atoms with van der Waals surface area (Å²) in [5.74, 6) is -0.750. The van der Waals surface area contributed by atoms with Crippen molar-refractivity contribution in [1.29, 1.82) is 0 Å². The number of rotatable bonds is 8. The van der Waals surface area contributed by atoms with Gasteiger partial charge in [0.05, 0.1) is 39.2 Å². The Morgan fingerprint density at radius 2 is 1.90 bits per heavy atom. The van der Waals surface area contributed by atoms with Crippen molar-refractivity contribution in [2.45, 2.75) is 57.8 Å². The van der Waals surface area contributed by atoms with Crippen molar-refractivity contribution in [2.24, 2.45) is 5.92 Å². The first-order chi connectivity index (χ1) is 19.2. The van der Waals surface area contributed by atoms with Crippen LogP contribution < -0.4 is 10.6 Å². The molecule has 4 N–H and O–H groups in total. The van der Waals surface area contributed by atoms with Crippen LogP contribution in [0.4, 0.5) is 11.8 Å². The summed E-state index contributed by atoms with van der Waals surface area (Å²) in [6.07, 6.45) is 0.195. The lowest BCUT2D eigenvalue weighted by Gasteiger charge is -2.25. The second kappa shape index (κ2) is 10.4. The second-order valence-corrected chi connectivity index (χ2v) is 11.7. The highest BCUT2D eigenvalue weighted by atomic mass is 32.1. The average molecular weight is 562 g/mol. The van der Waals surface area contributed by atoms with Crippen LogP contribution in [-0.2, 0) is 16.0 Å². The molecule has 2 aliphatic rings. The summed E-state index contributed by atoms with van der Waals surface area (Å²) < 4.78 is 13.5. The third kappa shape index (κ3) is 5.13. The van der Waals surface area contributed by atoms with Crippen molar-refractivity contribution in [1.82, 2.24) is 15.0 Å². The molecule has 1 saturated carbocycles. The lowest BCUT2D eigenvalue weighted by Crippen LogP contribution is -2.35. The van der Waals surface area contributed by atoms with E-state index in [1.165, 1.54) is 0 Å². The number of benzene rings is 2. The molecule has 4 aromatic rings. The molecule has 0 radical (unpaired) electrons. The standard InChI is InChI=1S/C29H31N5O5S/c1-15-22(26-33-19-9-4-5-10-21(19)40-26)25(32-20-12-18(14-35)23-24(20)39-29(2,3)38-23)34-28(31-15)30-13-16-7-6-8-17(11-16)27(36)37/h4-11,18,20,23-24,35H,12-14H2,1-3H3,(H,36,37)(H2,30,31,32,34). The third-order valence-corrected chi connectivity index (χ3v) is 8.41. The number of carboxylic acids is 1. The van der Waals surface area contributed by atoms with Gasteiger partial charge < -0.3 is 30.3 Å². The fourth-order valence-corrected chi connectivity index (χ4v) is 6.63. The van der Waals surface area contributed by atoms with Gasteiger partial charge >= 0.3 is 5.97 Å². The summed E-state index contributed by atoms with van der Waals surface area (Å²) in [7, 11) is 0. The third-order valence-electron chi connectivity index (χ3n) is 7.36. The van der Waals surface area contributed by atoms with Gasteiger partial charge in [-0.1, -0.05) is 24.3 Å². The zero-order valence-corrected chi connectivity index (χ0v) is 23.2. The zero-order chi connectivity index (χ0) is 28.0. The number of nitrogens with one attached hydrogen (secondary N) is 2. The highest BCUT2D eigenvalue weighted by Crippen LogP contribution is 2.44. The van der Waals surface area contributed by atoms with Crippen molar-refractivity contribution in [2.75, 3.05) is 17.2 Å². The zero-order valence-electron chi connectivity index (χ0n) is 22.4. The maximum Gasteiger partial charge on any atom is 0.335 e. The van der Waals surface area contributed by atoms with Crippen LogP contribution in [0.3, 0.4) is 0 Å². The van der Waals surface area contributed by atoms with E-state index in [4.69, 9.17) is 24.4 Å². The highest BCUT2D eigenvalue weighted by Gasteiger charge is 2.54. The van der Waals surface area contributed by atoms with Crippen molar-refractivity contribution in [3.63, 3.8) is 0 Å². The second-order valence-electron chi connectivity index (χ2n) is 10.7. The molecule has 2 fully saturated rings. The van der Waals surface area contributed by atoms with Crippen LogP contribution in [-0.4, -0.2) is 61.8 Å². The van der Waals surface area contributed by atoms with Gasteiger partial charge in [-0.2, -0.15) is 4.98 Å². The van der Waals surface area contributed by atoms with E-state index < -0.39 is 11.8 Å². The minimum Gasteiger partial charge on any atom is -0.478 e. The largest absolute Gasteiger partial charge is 0.478 e. The number of para-hydroxylation sites is 1. The number of thiazole rings is 1. The van der Waals surface area contributed by atoms with Gasteiger partial charge in [0.2, 0.25) is 5.95 Å². The summed E-state index contributed by atoms with van der Waals surface area (Å²) in [6.45, 7) is 6.07. The Hall–Kier alpha value is -3.64. The van der Waals surface area contributed by atoms with E-state index in [9.17, 15) is 15.0 Å². The highest BCUT2D eigenvalue weighted by molar-refractivity contribution is 7.21. The first kappa shape index (κ1) is 26.6. The van der Waals surface area contributed by atoms with E-state index in [2.05, 4.69) is 10.6 Å². The Kier molecular flexibility index (Phi) is 6.91. The summed E-state index contributed by atoms with van der Waals surface area (Å²) >= 11 is 1.58. The average Bonchev–Trinajstić information content (AvgIpc) is 3.58. The van der Waals surface area contributed by atoms with Crippen LogP contribution in [0.2, 0.25) is 0 Å². The number of ether oxygens (including phenoxy) is 2. The molecule has 1 aliphatic carbocycles. The van der Waals surface area contributed by atoms with Gasteiger partial charge in [-0.3, -0.25) is 0 Å². The summed E-state index contributed by atoms with van der Waals surface area (Å²) in [6, 6.07) is 14.6. The maximum atomic E-state index is 11.4. The van der Waals surface area contributed by atoms with E-state index >= 15 is 0 Å². The number of aromatic carboxylic acids is 1. The Bertz CT molecular complexity index is 1540. The summed E-state index contributed by atoms with van der Waals surface area (Å²) in [5, 5.41) is 27.1. The smallest absolute Gasteiger partial charge is 0.335 e. The van der Waals surface area contributed by atoms with Gasteiger partial charge in [0.1, 0.15) is 16.9 Å². The molecule has 10 nitrogen and oxygen atoms in total. The van der Waals surface area contributed by atoms with Gasteiger partial charge in [-0.25, -0.2) is 14.8 Å². The Morgan fingerprint density at radius 3 is 2.67 bits per heavy atom. The molecule has 4 atom stereocenters. The molecule has 6 rings (SSSR count). The summed E-state index contributed by atoms with van der Waals surface area (Å²) in [4.78, 5) is 25.9. The topological polar surface area (TPSA) is 139 Å². The molecule has 2 aromatic carbocycles. The molecule has 3 heterocycles. The molecule has 11 heteroatoms. The maximum absolute atomic E-state index is 11.4. The van der Waals surface area contributed by atoms with E-state index in [1.54, 1.807) is 29.5 Å². The normalized spacial score (nSPS) is 23.3. The van der Waals surface area contributed by atoms with Gasteiger partial charge in [-0.05, 0) is 57.0 Å². The predicted molar refractivity (Wildman–Crippen MR) is 153 cm³/mol. The molecular weight excluding hydrogens is 530 g/mol. The molecule has 0 amide bonds. The molecule has 0 bridgehead atoms. The quantitative estimate of drug-likeness (QED) is 0.240. The van der Waals surface area contributed by atoms with Crippen LogP contribution in [0.1, 0.15) is 41.9 Å². The number of fused-ring (bicyclic) bond motifs is 2. The van der Waals surface area contributed by atoms with Crippen LogP contribution in [0, 0.1) is 12.8 Å². The molecule has 4 unspecified atom stereocenters. The number of hydrogen-bond donors (Lipinski definition) is 4. The molecule has 208 valence electrons. The van der Waals surface area contributed by atoms with E-state index in [-0.39, 0.29) is 36.3 Å². The Labute approximate surface area is 235 Å². The van der Waals surface area contributed by atoms with E-state index in [0.717, 1.165) is 32.0 Å². The molecule has 40 heavy (non-hydrogen) atoms. The number of anilines is 2. The lowest BCUT2D eigenvalue weighted by atomic mass is 10.1. The lowest BCUT2D eigenvalue weighted by molar-refractivity contribution is -0.158. The van der Waals surface area contributed by atoms with Crippen LogP contribution in [0.25, 0.3) is 20.8 Å². The number of aliphatic hydroxyl groups is 1. The van der Waals surface area contributed by atoms with Gasteiger partial charge in [-0.15, -0.1) is 11.3 Å². The number of aryl methyl sites for hydroxylation is 1. The van der Waals surface area contributed by atoms with Crippen molar-refractivity contribution in [3.8, 4) is 10.6 Å². The first-order valence-electron chi connectivity index (χ1n) is 13.2. The van der Waals surface area contributed by atoms with Crippen molar-refractivity contribution >= 4 is 39.3 Å². The van der Waals surface area contributed by atoms with Gasteiger partial charge in [0, 0.05) is 19.1 Å². The SMILES string of the molecule is Cc1nc(NCc2cccc(C(=O)O)c2)nc(NC2CC(CO)C3OC(C)(C)OC23)c1-c1nc2ccccc2s1. The van der Waals surface area contributed by atoms with Crippen LogP contribution in [0.5, 0.6) is 0 Å². The van der Waals surface area contributed by atoms with Crippen LogP contribution in [0.15, 0.2) is 48.5 Å². The Morgan fingerprint density at radius 1 is 1.10 bits per heavy atom. The summed E-state index contributed by atoms with van der Waals surface area (Å²) in [5.41, 5.74) is 3.48. The van der Waals surface area contributed by atoms with Crippen molar-refractivity contribution < 1.29 is 24.5 Å². The van der Waals surface area contributed by atoms with E-state index in [0.29, 0.717) is 24.7 Å². The van der Waals surface area contributed by atoms with Crippen LogP contribution >= 0.6 is 11.3 Å². The molecule has 0 spiro atoms. The van der Waals surface area contributed by atoms with E-state index in [1.807, 2.05) is 51.1 Å². The number of aromatic nitrogens is 3. The fraction of sp³-hybridized carbons (Fsp3) is 0.379. The fourth-order valence-electron chi connectivity index (χ4n) is 5.57. The first-order valence-corrected chi connectivity index (χ1v) is 14.1. The number of carboxylic acid groups (broad SMARTS) is 1. The molecule has 1 saturated heterocycles. The minimum atomic E-state index is -0.974. The number of carbonyl (C=O) groups is 1. The van der Waals surface area contributed by atoms with Crippen molar-refractivity contribution in [3.05, 3.63) is 65.4 Å². The monoisotopic (exact) mass is 561 g/mol. The molecular formula is C29H31N5O5S. The molecule has 1 aliphatic heterocycles. The minimum absolute atomic E-state index is 0.00846. The van der Waals surface area contributed by atoms with Gasteiger partial charge in [0.15, 0.2) is 5.79 Å². The number of aliphatic hydroxyl groups excluding tert-OH is 1. The molecule has 2 aromatic heterocycles. The Balaban J connectivity index is 1.35. The number of nitrogens with zero attached hydrogens (tertiary/aromatic N) is 3.